The molecular weight excluding hydrogens is 318 g/mol. The summed E-state index contributed by atoms with van der Waals surface area (Å²) in [4.78, 5) is 19.2. The summed E-state index contributed by atoms with van der Waals surface area (Å²) in [5, 5.41) is 1.11. The first-order valence-electron chi connectivity index (χ1n) is 8.88. The van der Waals surface area contributed by atoms with Crippen molar-refractivity contribution >= 4 is 17.2 Å². The van der Waals surface area contributed by atoms with Crippen molar-refractivity contribution in [2.24, 2.45) is 0 Å². The molecule has 1 aliphatic heterocycles. The molecule has 0 N–H and O–H groups in total. The number of nitrogens with zero attached hydrogens (tertiary/aromatic N) is 3. The predicted octanol–water partition coefficient (Wildman–Crippen LogP) is 3.19. The summed E-state index contributed by atoms with van der Waals surface area (Å²) in [5.74, 6) is 0.240. The maximum atomic E-state index is 13.4. The minimum atomic E-state index is 0.240. The van der Waals surface area contributed by atoms with Crippen LogP contribution in [0.15, 0.2) is 24.5 Å². The fourth-order valence-corrected chi connectivity index (χ4v) is 5.33. The number of thiophene rings is 1. The number of hydrogen-bond acceptors (Lipinski definition) is 3. The fourth-order valence-electron chi connectivity index (χ4n) is 3.98. The maximum absolute atomic E-state index is 13.4. The van der Waals surface area contributed by atoms with Crippen molar-refractivity contribution in [3.8, 4) is 5.00 Å². The largest absolute Gasteiger partial charge is 0.337 e. The number of piperidine rings is 1. The molecule has 1 fully saturated rings. The minimum Gasteiger partial charge on any atom is -0.337 e. The molecule has 1 amide bonds. The van der Waals surface area contributed by atoms with Crippen LogP contribution in [0.3, 0.4) is 0 Å². The van der Waals surface area contributed by atoms with Crippen LogP contribution in [0.25, 0.3) is 5.00 Å². The van der Waals surface area contributed by atoms with E-state index in [0.29, 0.717) is 6.04 Å². The van der Waals surface area contributed by atoms with Crippen molar-refractivity contribution in [2.45, 2.75) is 38.1 Å². The molecule has 1 saturated heterocycles. The first kappa shape index (κ1) is 15.9. The Morgan fingerprint density at radius 1 is 1.21 bits per heavy atom. The third kappa shape index (κ3) is 2.70. The van der Waals surface area contributed by atoms with Crippen molar-refractivity contribution < 1.29 is 4.79 Å². The second-order valence-electron chi connectivity index (χ2n) is 7.14. The number of hydrogen-bond donors (Lipinski definition) is 0. The van der Waals surface area contributed by atoms with E-state index in [-0.39, 0.29) is 5.91 Å². The maximum Gasteiger partial charge on any atom is 0.257 e. The zero-order valence-corrected chi connectivity index (χ0v) is 15.3. The van der Waals surface area contributed by atoms with Gasteiger partial charge in [0.25, 0.3) is 5.91 Å². The van der Waals surface area contributed by atoms with Gasteiger partial charge in [0.05, 0.1) is 5.56 Å². The summed E-state index contributed by atoms with van der Waals surface area (Å²) in [6.45, 7) is 1.74. The van der Waals surface area contributed by atoms with Gasteiger partial charge in [0.1, 0.15) is 5.00 Å². The molecule has 2 aromatic heterocycles. The van der Waals surface area contributed by atoms with Crippen LogP contribution in [0, 0.1) is 0 Å². The molecule has 1 aliphatic carbocycles. The van der Waals surface area contributed by atoms with Crippen molar-refractivity contribution in [1.29, 1.82) is 0 Å². The van der Waals surface area contributed by atoms with Gasteiger partial charge in [0.15, 0.2) is 0 Å². The highest BCUT2D eigenvalue weighted by atomic mass is 32.1. The first-order chi connectivity index (χ1) is 11.6. The minimum absolute atomic E-state index is 0.240. The standard InChI is InChI=1S/C19H25N3OS/c1-20(2)14-7-6-12-22(13-14)18(23)17-15-8-5-9-16(15)24-19(17)21-10-3-4-11-21/h3-4,10-11,14H,5-9,12-13H2,1-2H3. The van der Waals surface area contributed by atoms with Gasteiger partial charge in [0, 0.05) is 36.4 Å². The molecular formula is C19H25N3OS. The number of likely N-dealkylation sites (tertiary alicyclic amines) is 1. The Morgan fingerprint density at radius 3 is 2.75 bits per heavy atom. The Labute approximate surface area is 147 Å². The van der Waals surface area contributed by atoms with Gasteiger partial charge in [-0.05, 0) is 63.9 Å². The number of rotatable bonds is 3. The van der Waals surface area contributed by atoms with Crippen LogP contribution in [0.5, 0.6) is 0 Å². The van der Waals surface area contributed by atoms with Crippen LogP contribution in [-0.4, -0.2) is 53.5 Å². The van der Waals surface area contributed by atoms with E-state index in [1.807, 2.05) is 23.5 Å². The van der Waals surface area contributed by atoms with Gasteiger partial charge in [-0.15, -0.1) is 11.3 Å². The second-order valence-corrected chi connectivity index (χ2v) is 8.22. The van der Waals surface area contributed by atoms with E-state index in [4.69, 9.17) is 0 Å². The number of amides is 1. The molecule has 2 aliphatic rings. The molecule has 4 rings (SSSR count). The Morgan fingerprint density at radius 2 is 2.00 bits per heavy atom. The number of aromatic nitrogens is 1. The SMILES string of the molecule is CN(C)C1CCCN(C(=O)c2c(-n3cccc3)sc3c2CCC3)C1. The van der Waals surface area contributed by atoms with E-state index >= 15 is 0 Å². The van der Waals surface area contributed by atoms with Crippen molar-refractivity contribution in [2.75, 3.05) is 27.2 Å². The molecule has 0 aromatic carbocycles. The van der Waals surface area contributed by atoms with Crippen LogP contribution < -0.4 is 0 Å². The lowest BCUT2D eigenvalue weighted by molar-refractivity contribution is 0.0634. The molecule has 4 nitrogen and oxygen atoms in total. The van der Waals surface area contributed by atoms with Gasteiger partial charge >= 0.3 is 0 Å². The molecule has 5 heteroatoms. The van der Waals surface area contributed by atoms with Crippen LogP contribution in [0.1, 0.15) is 40.1 Å². The van der Waals surface area contributed by atoms with Crippen LogP contribution in [0.4, 0.5) is 0 Å². The number of carbonyl (C=O) groups is 1. The van der Waals surface area contributed by atoms with E-state index in [2.05, 4.69) is 40.9 Å². The van der Waals surface area contributed by atoms with Gasteiger partial charge in [-0.3, -0.25) is 4.79 Å². The van der Waals surface area contributed by atoms with Gasteiger partial charge in [-0.25, -0.2) is 0 Å². The topological polar surface area (TPSA) is 28.5 Å². The van der Waals surface area contributed by atoms with E-state index in [0.717, 1.165) is 42.9 Å². The summed E-state index contributed by atoms with van der Waals surface area (Å²) >= 11 is 1.81. The molecule has 128 valence electrons. The molecule has 2 aromatic rings. The summed E-state index contributed by atoms with van der Waals surface area (Å²) in [6, 6.07) is 4.54. The van der Waals surface area contributed by atoms with Gasteiger partial charge in [0.2, 0.25) is 0 Å². The van der Waals surface area contributed by atoms with E-state index in [1.165, 1.54) is 23.3 Å². The number of aryl methyl sites for hydroxylation is 1. The highest BCUT2D eigenvalue weighted by molar-refractivity contribution is 7.15. The molecule has 1 atom stereocenters. The van der Waals surface area contributed by atoms with E-state index in [9.17, 15) is 4.79 Å². The lowest BCUT2D eigenvalue weighted by Gasteiger charge is -2.36. The molecule has 1 unspecified atom stereocenters. The summed E-state index contributed by atoms with van der Waals surface area (Å²) in [6.07, 6.45) is 9.75. The third-order valence-corrected chi connectivity index (χ3v) is 6.67. The Bertz CT molecular complexity index is 732. The van der Waals surface area contributed by atoms with Crippen LogP contribution >= 0.6 is 11.3 Å². The number of fused-ring (bicyclic) bond motifs is 1. The molecule has 24 heavy (non-hydrogen) atoms. The van der Waals surface area contributed by atoms with E-state index in [1.54, 1.807) is 0 Å². The smallest absolute Gasteiger partial charge is 0.257 e. The third-order valence-electron chi connectivity index (χ3n) is 5.37. The Kier molecular flexibility index (Phi) is 4.22. The monoisotopic (exact) mass is 343 g/mol. The Hall–Kier alpha value is -1.59. The zero-order valence-electron chi connectivity index (χ0n) is 14.5. The molecule has 0 bridgehead atoms. The van der Waals surface area contributed by atoms with Crippen molar-refractivity contribution in [3.63, 3.8) is 0 Å². The normalized spacial score (nSPS) is 20.6. The second kappa shape index (κ2) is 6.37. The fraction of sp³-hybridized carbons (Fsp3) is 0.526. The summed E-state index contributed by atoms with van der Waals surface area (Å²) in [5.41, 5.74) is 2.30. The van der Waals surface area contributed by atoms with Crippen LogP contribution in [-0.2, 0) is 12.8 Å². The van der Waals surface area contributed by atoms with Crippen LogP contribution in [0.2, 0.25) is 0 Å². The lowest BCUT2D eigenvalue weighted by Crippen LogP contribution is -2.47. The zero-order chi connectivity index (χ0) is 16.7. The summed E-state index contributed by atoms with van der Waals surface area (Å²) < 4.78 is 2.11. The molecule has 0 saturated carbocycles. The first-order valence-corrected chi connectivity index (χ1v) is 9.70. The van der Waals surface area contributed by atoms with E-state index < -0.39 is 0 Å². The average molecular weight is 343 g/mol. The number of likely N-dealkylation sites (N-methyl/N-ethyl adjacent to an activating group) is 1. The number of carbonyl (C=O) groups excluding carboxylic acids is 1. The Balaban J connectivity index is 1.69. The van der Waals surface area contributed by atoms with Gasteiger partial charge in [-0.1, -0.05) is 0 Å². The van der Waals surface area contributed by atoms with Gasteiger partial charge < -0.3 is 14.4 Å². The average Bonchev–Trinajstić information content (AvgIpc) is 3.30. The predicted molar refractivity (Wildman–Crippen MR) is 98.3 cm³/mol. The van der Waals surface area contributed by atoms with Crippen molar-refractivity contribution in [1.82, 2.24) is 14.4 Å². The highest BCUT2D eigenvalue weighted by Gasteiger charge is 2.32. The molecule has 0 spiro atoms. The summed E-state index contributed by atoms with van der Waals surface area (Å²) in [7, 11) is 4.23. The highest BCUT2D eigenvalue weighted by Crippen LogP contribution is 2.38. The molecule has 0 radical (unpaired) electrons. The van der Waals surface area contributed by atoms with Gasteiger partial charge in [-0.2, -0.15) is 0 Å². The molecule has 3 heterocycles. The quantitative estimate of drug-likeness (QED) is 0.856. The lowest BCUT2D eigenvalue weighted by atomic mass is 10.0. The van der Waals surface area contributed by atoms with Crippen molar-refractivity contribution in [3.05, 3.63) is 40.5 Å².